The van der Waals surface area contributed by atoms with Gasteiger partial charge in [0.2, 0.25) is 0 Å². The minimum absolute atomic E-state index is 0.0346. The molecule has 0 amide bonds. The summed E-state index contributed by atoms with van der Waals surface area (Å²) in [6.07, 6.45) is 6.07. The third-order valence-corrected chi connectivity index (χ3v) is 6.64. The highest BCUT2D eigenvalue weighted by Gasteiger charge is 2.54. The zero-order valence-electron chi connectivity index (χ0n) is 14.6. The van der Waals surface area contributed by atoms with Crippen LogP contribution in [0.2, 0.25) is 5.02 Å². The lowest BCUT2D eigenvalue weighted by molar-refractivity contribution is -0.153. The predicted octanol–water partition coefficient (Wildman–Crippen LogP) is 5.90. The van der Waals surface area contributed by atoms with E-state index in [-0.39, 0.29) is 11.9 Å². The van der Waals surface area contributed by atoms with Gasteiger partial charge >= 0.3 is 5.97 Å². The number of fused-ring (bicyclic) bond motifs is 2. The molecule has 1 saturated carbocycles. The van der Waals surface area contributed by atoms with E-state index in [0.29, 0.717) is 0 Å². The van der Waals surface area contributed by atoms with E-state index in [1.165, 1.54) is 23.1 Å². The summed E-state index contributed by atoms with van der Waals surface area (Å²) in [5.41, 5.74) is 4.38. The van der Waals surface area contributed by atoms with Crippen LogP contribution in [0.4, 0.5) is 0 Å². The molecule has 1 aliphatic heterocycles. The molecular formula is C23H21ClO2. The van der Waals surface area contributed by atoms with E-state index in [1.54, 1.807) is 0 Å². The van der Waals surface area contributed by atoms with Crippen LogP contribution < -0.4 is 0 Å². The van der Waals surface area contributed by atoms with Gasteiger partial charge in [0.25, 0.3) is 0 Å². The van der Waals surface area contributed by atoms with Crippen molar-refractivity contribution in [1.82, 2.24) is 0 Å². The molecule has 1 atom stereocenters. The molecule has 2 aliphatic carbocycles. The molecule has 0 N–H and O–H groups in total. The normalized spacial score (nSPS) is 23.6. The van der Waals surface area contributed by atoms with Crippen molar-refractivity contribution in [2.24, 2.45) is 5.41 Å². The summed E-state index contributed by atoms with van der Waals surface area (Å²) in [5, 5.41) is 0.730. The van der Waals surface area contributed by atoms with Crippen molar-refractivity contribution < 1.29 is 9.53 Å². The fraction of sp³-hybridized carbons (Fsp3) is 0.348. The number of carbonyl (C=O) groups is 1. The Hall–Kier alpha value is -2.06. The maximum absolute atomic E-state index is 13.3. The van der Waals surface area contributed by atoms with Crippen molar-refractivity contribution in [3.8, 4) is 0 Å². The molecule has 132 valence electrons. The number of rotatable bonds is 1. The molecule has 26 heavy (non-hydrogen) atoms. The zero-order chi connectivity index (χ0) is 17.7. The Morgan fingerprint density at radius 1 is 0.962 bits per heavy atom. The molecule has 0 radical (unpaired) electrons. The van der Waals surface area contributed by atoms with Crippen LogP contribution in [0.5, 0.6) is 0 Å². The molecule has 1 spiro atoms. The number of esters is 1. The molecule has 3 heteroatoms. The van der Waals surface area contributed by atoms with Gasteiger partial charge in [0, 0.05) is 16.5 Å². The third kappa shape index (κ3) is 2.28. The van der Waals surface area contributed by atoms with E-state index in [0.717, 1.165) is 48.4 Å². The van der Waals surface area contributed by atoms with Crippen LogP contribution in [0.15, 0.2) is 54.1 Å². The van der Waals surface area contributed by atoms with E-state index in [1.807, 2.05) is 18.2 Å². The average Bonchev–Trinajstić information content (AvgIpc) is 3.02. The van der Waals surface area contributed by atoms with Crippen molar-refractivity contribution in [2.45, 2.75) is 44.4 Å². The van der Waals surface area contributed by atoms with Crippen LogP contribution in [0.1, 0.15) is 54.7 Å². The summed E-state index contributed by atoms with van der Waals surface area (Å²) in [5.74, 6) is 0.859. The number of hydrogen-bond acceptors (Lipinski definition) is 2. The highest BCUT2D eigenvalue weighted by atomic mass is 35.5. The van der Waals surface area contributed by atoms with Crippen LogP contribution in [-0.2, 0) is 16.0 Å². The lowest BCUT2D eigenvalue weighted by Crippen LogP contribution is -2.44. The smallest absolute Gasteiger partial charge is 0.318 e. The maximum Gasteiger partial charge on any atom is 0.318 e. The molecule has 0 aromatic heterocycles. The molecule has 2 aromatic carbocycles. The van der Waals surface area contributed by atoms with E-state index in [4.69, 9.17) is 16.3 Å². The number of allylic oxidation sites excluding steroid dienone is 1. The summed E-state index contributed by atoms with van der Waals surface area (Å²) in [6.45, 7) is 0. The standard InChI is InChI=1S/C23H21ClO2/c24-17-10-8-15(9-11-17)20-19-14-16-6-2-3-7-18(16)21(19)26-22(25)23(20)12-4-1-5-13-23/h2-3,6-11,20H,1,4-5,12-14H2. The molecule has 3 aliphatic rings. The van der Waals surface area contributed by atoms with E-state index >= 15 is 0 Å². The third-order valence-electron chi connectivity index (χ3n) is 6.39. The fourth-order valence-electron chi connectivity index (χ4n) is 5.20. The van der Waals surface area contributed by atoms with Gasteiger partial charge in [0.15, 0.2) is 0 Å². The van der Waals surface area contributed by atoms with Crippen molar-refractivity contribution >= 4 is 23.3 Å². The Kier molecular flexibility index (Phi) is 3.72. The van der Waals surface area contributed by atoms with E-state index in [2.05, 4.69) is 30.3 Å². The topological polar surface area (TPSA) is 26.3 Å². The zero-order valence-corrected chi connectivity index (χ0v) is 15.4. The largest absolute Gasteiger partial charge is 0.425 e. The summed E-state index contributed by atoms with van der Waals surface area (Å²) in [7, 11) is 0. The van der Waals surface area contributed by atoms with Crippen LogP contribution in [0.3, 0.4) is 0 Å². The number of hydrogen-bond donors (Lipinski definition) is 0. The minimum atomic E-state index is -0.424. The molecule has 2 aromatic rings. The van der Waals surface area contributed by atoms with Gasteiger partial charge < -0.3 is 4.74 Å². The molecule has 0 bridgehead atoms. The monoisotopic (exact) mass is 364 g/mol. The first-order valence-corrected chi connectivity index (χ1v) is 9.86. The van der Waals surface area contributed by atoms with Gasteiger partial charge in [-0.25, -0.2) is 0 Å². The first-order valence-electron chi connectivity index (χ1n) is 9.48. The summed E-state index contributed by atoms with van der Waals surface area (Å²) in [4.78, 5) is 13.3. The summed E-state index contributed by atoms with van der Waals surface area (Å²) in [6, 6.07) is 16.4. The second-order valence-corrected chi connectivity index (χ2v) is 8.22. The summed E-state index contributed by atoms with van der Waals surface area (Å²) >= 11 is 6.14. The van der Waals surface area contributed by atoms with Crippen LogP contribution in [0.25, 0.3) is 5.76 Å². The fourth-order valence-corrected chi connectivity index (χ4v) is 5.33. The van der Waals surface area contributed by atoms with Crippen molar-refractivity contribution in [3.05, 3.63) is 75.8 Å². The highest BCUT2D eigenvalue weighted by molar-refractivity contribution is 6.30. The van der Waals surface area contributed by atoms with Crippen LogP contribution in [0, 0.1) is 5.41 Å². The Morgan fingerprint density at radius 3 is 2.46 bits per heavy atom. The van der Waals surface area contributed by atoms with Gasteiger partial charge in [0.1, 0.15) is 5.76 Å². The van der Waals surface area contributed by atoms with Gasteiger partial charge in [-0.2, -0.15) is 0 Å². The van der Waals surface area contributed by atoms with Gasteiger partial charge in [-0.15, -0.1) is 0 Å². The van der Waals surface area contributed by atoms with Gasteiger partial charge in [-0.05, 0) is 48.1 Å². The van der Waals surface area contributed by atoms with Crippen molar-refractivity contribution in [2.75, 3.05) is 0 Å². The van der Waals surface area contributed by atoms with Gasteiger partial charge in [-0.1, -0.05) is 67.3 Å². The molecule has 2 nitrogen and oxygen atoms in total. The quantitative estimate of drug-likeness (QED) is 0.589. The molecule has 1 fully saturated rings. The molecule has 5 rings (SSSR count). The average molecular weight is 365 g/mol. The highest BCUT2D eigenvalue weighted by Crippen LogP contribution is 2.58. The lowest BCUT2D eigenvalue weighted by atomic mass is 9.60. The molecule has 1 unspecified atom stereocenters. The van der Waals surface area contributed by atoms with Crippen molar-refractivity contribution in [1.29, 1.82) is 0 Å². The molecular weight excluding hydrogens is 344 g/mol. The Morgan fingerprint density at radius 2 is 1.69 bits per heavy atom. The van der Waals surface area contributed by atoms with E-state index < -0.39 is 5.41 Å². The number of carbonyl (C=O) groups excluding carboxylic acids is 1. The van der Waals surface area contributed by atoms with E-state index in [9.17, 15) is 4.79 Å². The Bertz CT molecular complexity index is 904. The SMILES string of the molecule is O=C1OC2=C(Cc3ccccc32)C(c2ccc(Cl)cc2)C12CCCCC2. The second-order valence-electron chi connectivity index (χ2n) is 7.78. The number of ether oxygens (including phenoxy) is 1. The molecule has 1 heterocycles. The maximum atomic E-state index is 13.3. The first-order chi connectivity index (χ1) is 12.7. The number of benzene rings is 2. The Labute approximate surface area is 158 Å². The second kappa shape index (κ2) is 5.99. The first kappa shape index (κ1) is 16.1. The van der Waals surface area contributed by atoms with Crippen molar-refractivity contribution in [3.63, 3.8) is 0 Å². The molecule has 0 saturated heterocycles. The van der Waals surface area contributed by atoms with Gasteiger partial charge in [0.05, 0.1) is 5.41 Å². The van der Waals surface area contributed by atoms with Crippen LogP contribution in [-0.4, -0.2) is 5.97 Å². The van der Waals surface area contributed by atoms with Gasteiger partial charge in [-0.3, -0.25) is 4.79 Å². The van der Waals surface area contributed by atoms with Crippen LogP contribution >= 0.6 is 11.6 Å². The Balaban J connectivity index is 1.70. The number of halogens is 1. The lowest BCUT2D eigenvalue weighted by Gasteiger charge is -2.45. The predicted molar refractivity (Wildman–Crippen MR) is 103 cm³/mol. The summed E-state index contributed by atoms with van der Waals surface area (Å²) < 4.78 is 6.02. The minimum Gasteiger partial charge on any atom is -0.425 e.